The normalized spacial score (nSPS) is 11.4. The van der Waals surface area contributed by atoms with Gasteiger partial charge in [0.1, 0.15) is 12.4 Å². The zero-order chi connectivity index (χ0) is 13.9. The third kappa shape index (κ3) is 3.34. The molecule has 2 heteroatoms. The minimum Gasteiger partial charge on any atom is -0.485 e. The number of benzene rings is 1. The number of Topliss-reactive ketones (excluding diaryl/α,β-unsaturated/α-hetero) is 1. The number of hydrogen-bond donors (Lipinski definition) is 0. The van der Waals surface area contributed by atoms with Crippen molar-refractivity contribution < 1.29 is 9.53 Å². The molecular weight excluding hydrogens is 224 g/mol. The Hall–Kier alpha value is -1.31. The van der Waals surface area contributed by atoms with Gasteiger partial charge in [-0.3, -0.25) is 4.79 Å². The van der Waals surface area contributed by atoms with E-state index in [0.717, 1.165) is 23.3 Å². The van der Waals surface area contributed by atoms with Crippen molar-refractivity contribution in [2.24, 2.45) is 0 Å². The minimum absolute atomic E-state index is 0.0479. The molecule has 0 spiro atoms. The van der Waals surface area contributed by atoms with Gasteiger partial charge in [-0.1, -0.05) is 32.9 Å². The molecule has 0 atom stereocenters. The molecule has 0 aromatic heterocycles. The highest BCUT2D eigenvalue weighted by molar-refractivity contribution is 5.77. The maximum absolute atomic E-state index is 11.0. The number of carbonyl (C=O) groups excluding carboxylic acids is 1. The van der Waals surface area contributed by atoms with E-state index in [9.17, 15) is 4.79 Å². The maximum Gasteiger partial charge on any atom is 0.167 e. The monoisotopic (exact) mass is 248 g/mol. The van der Waals surface area contributed by atoms with E-state index >= 15 is 0 Å². The first-order valence-electron chi connectivity index (χ1n) is 6.52. The summed E-state index contributed by atoms with van der Waals surface area (Å²) < 4.78 is 5.58. The van der Waals surface area contributed by atoms with Crippen molar-refractivity contribution in [1.82, 2.24) is 0 Å². The predicted octanol–water partition coefficient (Wildman–Crippen LogP) is 3.96. The molecule has 0 N–H and O–H groups in total. The molecule has 100 valence electrons. The Labute approximate surface area is 110 Å². The first-order chi connectivity index (χ1) is 8.27. The topological polar surface area (TPSA) is 26.3 Å². The molecule has 0 fully saturated rings. The molecule has 0 radical (unpaired) electrons. The number of carbonyl (C=O) groups is 1. The highest BCUT2D eigenvalue weighted by Crippen LogP contribution is 2.33. The van der Waals surface area contributed by atoms with E-state index in [4.69, 9.17) is 4.74 Å². The van der Waals surface area contributed by atoms with Gasteiger partial charge in [0.25, 0.3) is 0 Å². The second kappa shape index (κ2) is 5.55. The second-order valence-corrected chi connectivity index (χ2v) is 5.67. The van der Waals surface area contributed by atoms with Crippen LogP contribution in [0.4, 0.5) is 0 Å². The molecule has 1 aromatic carbocycles. The fraction of sp³-hybridized carbons (Fsp3) is 0.562. The smallest absolute Gasteiger partial charge is 0.167 e. The van der Waals surface area contributed by atoms with Crippen molar-refractivity contribution in [3.63, 3.8) is 0 Å². The van der Waals surface area contributed by atoms with Crippen molar-refractivity contribution in [2.75, 3.05) is 6.61 Å². The molecule has 0 saturated heterocycles. The number of ketones is 1. The second-order valence-electron chi connectivity index (χ2n) is 5.67. The number of hydrogen-bond acceptors (Lipinski definition) is 2. The molecule has 1 rings (SSSR count). The third-order valence-electron chi connectivity index (χ3n) is 3.55. The third-order valence-corrected chi connectivity index (χ3v) is 3.55. The molecule has 18 heavy (non-hydrogen) atoms. The van der Waals surface area contributed by atoms with Crippen LogP contribution in [0.3, 0.4) is 0 Å². The van der Waals surface area contributed by atoms with Gasteiger partial charge in [-0.05, 0) is 49.3 Å². The van der Waals surface area contributed by atoms with Crippen LogP contribution in [0.2, 0.25) is 0 Å². The Morgan fingerprint density at radius 3 is 2.11 bits per heavy atom. The van der Waals surface area contributed by atoms with Gasteiger partial charge in [0, 0.05) is 0 Å². The van der Waals surface area contributed by atoms with Gasteiger partial charge in [-0.15, -0.1) is 0 Å². The summed E-state index contributed by atoms with van der Waals surface area (Å²) in [5, 5.41) is 0. The summed E-state index contributed by atoms with van der Waals surface area (Å²) in [4.78, 5) is 11.0. The van der Waals surface area contributed by atoms with Gasteiger partial charge in [-0.2, -0.15) is 0 Å². The van der Waals surface area contributed by atoms with E-state index in [-0.39, 0.29) is 17.8 Å². The number of ether oxygens (including phenoxy) is 1. The van der Waals surface area contributed by atoms with Crippen LogP contribution in [-0.4, -0.2) is 12.4 Å². The van der Waals surface area contributed by atoms with E-state index < -0.39 is 0 Å². The summed E-state index contributed by atoms with van der Waals surface area (Å²) >= 11 is 0. The van der Waals surface area contributed by atoms with Crippen LogP contribution in [0.25, 0.3) is 0 Å². The van der Waals surface area contributed by atoms with E-state index in [2.05, 4.69) is 32.9 Å². The lowest BCUT2D eigenvalue weighted by molar-refractivity contribution is -0.118. The lowest BCUT2D eigenvalue weighted by Crippen LogP contribution is -2.16. The van der Waals surface area contributed by atoms with Gasteiger partial charge in [0.2, 0.25) is 0 Å². The molecule has 0 aliphatic heterocycles. The van der Waals surface area contributed by atoms with Crippen LogP contribution in [0, 0.1) is 13.8 Å². The highest BCUT2D eigenvalue weighted by Gasteiger charge is 2.20. The Bertz CT molecular complexity index is 421. The van der Waals surface area contributed by atoms with Crippen LogP contribution in [-0.2, 0) is 10.2 Å². The van der Waals surface area contributed by atoms with Gasteiger partial charge >= 0.3 is 0 Å². The van der Waals surface area contributed by atoms with Crippen molar-refractivity contribution in [2.45, 2.75) is 53.4 Å². The maximum atomic E-state index is 11.0. The fourth-order valence-electron chi connectivity index (χ4n) is 1.95. The zero-order valence-corrected chi connectivity index (χ0v) is 12.4. The van der Waals surface area contributed by atoms with Crippen molar-refractivity contribution in [3.8, 4) is 5.75 Å². The largest absolute Gasteiger partial charge is 0.485 e. The van der Waals surface area contributed by atoms with E-state index in [1.54, 1.807) is 6.92 Å². The van der Waals surface area contributed by atoms with Gasteiger partial charge < -0.3 is 4.74 Å². The molecule has 1 aromatic rings. The lowest BCUT2D eigenvalue weighted by Gasteiger charge is -2.25. The summed E-state index contributed by atoms with van der Waals surface area (Å²) in [6.45, 7) is 12.5. The summed E-state index contributed by atoms with van der Waals surface area (Å²) in [6, 6.07) is 4.35. The quantitative estimate of drug-likeness (QED) is 0.788. The van der Waals surface area contributed by atoms with E-state index in [1.807, 2.05) is 13.8 Å². The van der Waals surface area contributed by atoms with Crippen LogP contribution in [0.5, 0.6) is 5.75 Å². The average Bonchev–Trinajstić information content (AvgIpc) is 2.27. The standard InChI is InChI=1S/C16H24O2/c1-7-16(5,6)14-8-11(2)15(12(3)9-14)18-10-13(4)17/h8-9H,7,10H2,1-6H3. The zero-order valence-electron chi connectivity index (χ0n) is 12.4. The van der Waals surface area contributed by atoms with Crippen LogP contribution >= 0.6 is 0 Å². The van der Waals surface area contributed by atoms with Crippen molar-refractivity contribution >= 4 is 5.78 Å². The number of aryl methyl sites for hydroxylation is 2. The van der Waals surface area contributed by atoms with E-state index in [0.29, 0.717) is 0 Å². The first-order valence-corrected chi connectivity index (χ1v) is 6.52. The average molecular weight is 248 g/mol. The highest BCUT2D eigenvalue weighted by atomic mass is 16.5. The van der Waals surface area contributed by atoms with Crippen molar-refractivity contribution in [1.29, 1.82) is 0 Å². The summed E-state index contributed by atoms with van der Waals surface area (Å²) in [5.74, 6) is 0.896. The van der Waals surface area contributed by atoms with E-state index in [1.165, 1.54) is 5.56 Å². The lowest BCUT2D eigenvalue weighted by atomic mass is 9.81. The Morgan fingerprint density at radius 1 is 1.22 bits per heavy atom. The molecule has 0 amide bonds. The Kier molecular flexibility index (Phi) is 4.55. The van der Waals surface area contributed by atoms with Gasteiger partial charge in [0.05, 0.1) is 0 Å². The number of rotatable bonds is 5. The van der Waals surface area contributed by atoms with Crippen LogP contribution in [0.1, 0.15) is 50.8 Å². The SMILES string of the molecule is CCC(C)(C)c1cc(C)c(OCC(C)=O)c(C)c1. The molecule has 0 aliphatic carbocycles. The molecule has 0 heterocycles. The first kappa shape index (κ1) is 14.7. The molecule has 0 bridgehead atoms. The van der Waals surface area contributed by atoms with Gasteiger partial charge in [-0.25, -0.2) is 0 Å². The van der Waals surface area contributed by atoms with Crippen LogP contribution in [0.15, 0.2) is 12.1 Å². The molecule has 0 saturated carbocycles. The molecule has 0 unspecified atom stereocenters. The summed E-state index contributed by atoms with van der Waals surface area (Å²) in [5.41, 5.74) is 3.71. The molecular formula is C16H24O2. The molecule has 2 nitrogen and oxygen atoms in total. The Morgan fingerprint density at radius 2 is 1.72 bits per heavy atom. The fourth-order valence-corrected chi connectivity index (χ4v) is 1.95. The van der Waals surface area contributed by atoms with Crippen LogP contribution < -0.4 is 4.74 Å². The summed E-state index contributed by atoms with van der Waals surface area (Å²) in [6.07, 6.45) is 1.10. The Balaban J connectivity index is 3.08. The van der Waals surface area contributed by atoms with Gasteiger partial charge in [0.15, 0.2) is 5.78 Å². The van der Waals surface area contributed by atoms with Crippen molar-refractivity contribution in [3.05, 3.63) is 28.8 Å². The predicted molar refractivity (Wildman–Crippen MR) is 75.4 cm³/mol. The minimum atomic E-state index is 0.0479. The summed E-state index contributed by atoms with van der Waals surface area (Å²) in [7, 11) is 0. The molecule has 0 aliphatic rings.